The zero-order valence-corrected chi connectivity index (χ0v) is 10.4. The van der Waals surface area contributed by atoms with Gasteiger partial charge in [0.1, 0.15) is 11.3 Å². The van der Waals surface area contributed by atoms with Gasteiger partial charge in [-0.25, -0.2) is 0 Å². The maximum atomic E-state index is 12.7. The molecule has 0 N–H and O–H groups in total. The van der Waals surface area contributed by atoms with E-state index >= 15 is 0 Å². The van der Waals surface area contributed by atoms with Crippen LogP contribution in [0.3, 0.4) is 0 Å². The van der Waals surface area contributed by atoms with Crippen molar-refractivity contribution < 1.29 is 17.9 Å². The van der Waals surface area contributed by atoms with Crippen LogP contribution in [0.4, 0.5) is 13.2 Å². The first-order chi connectivity index (χ1) is 7.46. The second kappa shape index (κ2) is 5.57. The van der Waals surface area contributed by atoms with E-state index in [4.69, 9.17) is 4.74 Å². The Labute approximate surface area is 101 Å². The van der Waals surface area contributed by atoms with Gasteiger partial charge in [-0.1, -0.05) is 35.3 Å². The second-order valence-corrected chi connectivity index (χ2v) is 4.17. The Bertz CT molecular complexity index is 350. The molecule has 1 aromatic rings. The van der Waals surface area contributed by atoms with Crippen LogP contribution in [0.1, 0.15) is 25.3 Å². The molecule has 0 saturated carbocycles. The minimum absolute atomic E-state index is 0.00833. The highest BCUT2D eigenvalue weighted by Crippen LogP contribution is 2.40. The van der Waals surface area contributed by atoms with Crippen LogP contribution in [0, 0.1) is 0 Å². The van der Waals surface area contributed by atoms with E-state index in [9.17, 15) is 13.2 Å². The molecule has 0 unspecified atom stereocenters. The number of rotatable bonds is 4. The van der Waals surface area contributed by atoms with Crippen LogP contribution in [0.2, 0.25) is 0 Å². The Morgan fingerprint density at radius 3 is 2.56 bits per heavy atom. The van der Waals surface area contributed by atoms with E-state index < -0.39 is 11.7 Å². The molecule has 0 aromatic heterocycles. The van der Waals surface area contributed by atoms with Crippen molar-refractivity contribution in [2.75, 3.05) is 6.61 Å². The van der Waals surface area contributed by atoms with Gasteiger partial charge in [0, 0.05) is 4.47 Å². The predicted molar refractivity (Wildman–Crippen MR) is 59.5 cm³/mol. The monoisotopic (exact) mass is 296 g/mol. The van der Waals surface area contributed by atoms with Crippen molar-refractivity contribution in [3.05, 3.63) is 28.2 Å². The normalized spacial score (nSPS) is 11.6. The molecule has 0 heterocycles. The Morgan fingerprint density at radius 2 is 2.00 bits per heavy atom. The molecule has 0 aliphatic heterocycles. The van der Waals surface area contributed by atoms with E-state index in [1.807, 2.05) is 6.92 Å². The smallest absolute Gasteiger partial charge is 0.421 e. The molecule has 0 amide bonds. The van der Waals surface area contributed by atoms with Crippen LogP contribution in [-0.2, 0) is 6.18 Å². The standard InChI is InChI=1S/C11H12BrF3O/c1-2-3-7-16-9-6-4-5-8(12)10(9)11(13,14)15/h4-6H,2-3,7H2,1H3. The number of unbranched alkanes of at least 4 members (excludes halogenated alkanes) is 1. The average molecular weight is 297 g/mol. The summed E-state index contributed by atoms with van der Waals surface area (Å²) in [5, 5.41) is 0. The maximum Gasteiger partial charge on any atom is 0.421 e. The highest BCUT2D eigenvalue weighted by atomic mass is 79.9. The van der Waals surface area contributed by atoms with Gasteiger partial charge in [0.25, 0.3) is 0 Å². The predicted octanol–water partition coefficient (Wildman–Crippen LogP) is 4.65. The molecule has 0 radical (unpaired) electrons. The number of alkyl halides is 3. The molecule has 1 aromatic carbocycles. The molecule has 0 atom stereocenters. The Morgan fingerprint density at radius 1 is 1.31 bits per heavy atom. The molecule has 0 saturated heterocycles. The van der Waals surface area contributed by atoms with E-state index in [-0.39, 0.29) is 10.2 Å². The first kappa shape index (κ1) is 13.4. The minimum atomic E-state index is -4.40. The molecule has 0 aliphatic carbocycles. The highest BCUT2D eigenvalue weighted by molar-refractivity contribution is 9.10. The molecule has 0 aliphatic rings. The lowest BCUT2D eigenvalue weighted by atomic mass is 10.2. The molecule has 1 nitrogen and oxygen atoms in total. The number of hydrogen-bond acceptors (Lipinski definition) is 1. The van der Waals surface area contributed by atoms with E-state index in [1.54, 1.807) is 0 Å². The molecule has 90 valence electrons. The van der Waals surface area contributed by atoms with Gasteiger partial charge < -0.3 is 4.74 Å². The summed E-state index contributed by atoms with van der Waals surface area (Å²) in [5.41, 5.74) is -0.744. The fraction of sp³-hybridized carbons (Fsp3) is 0.455. The third-order valence-corrected chi connectivity index (χ3v) is 2.68. The number of halogens is 4. The van der Waals surface area contributed by atoms with Gasteiger partial charge in [-0.3, -0.25) is 0 Å². The Hall–Kier alpha value is -0.710. The maximum absolute atomic E-state index is 12.7. The van der Waals surface area contributed by atoms with Crippen LogP contribution in [0.15, 0.2) is 22.7 Å². The minimum Gasteiger partial charge on any atom is -0.493 e. The average Bonchev–Trinajstić information content (AvgIpc) is 2.16. The molecule has 0 fully saturated rings. The molecule has 0 spiro atoms. The van der Waals surface area contributed by atoms with E-state index in [2.05, 4.69) is 15.9 Å². The van der Waals surface area contributed by atoms with Gasteiger partial charge >= 0.3 is 6.18 Å². The molecule has 1 rings (SSSR count). The largest absolute Gasteiger partial charge is 0.493 e. The van der Waals surface area contributed by atoms with Gasteiger partial charge in [-0.15, -0.1) is 0 Å². The summed E-state index contributed by atoms with van der Waals surface area (Å²) < 4.78 is 43.3. The summed E-state index contributed by atoms with van der Waals surface area (Å²) in [7, 11) is 0. The third kappa shape index (κ3) is 3.40. The van der Waals surface area contributed by atoms with Crippen LogP contribution in [-0.4, -0.2) is 6.61 Å². The van der Waals surface area contributed by atoms with Crippen molar-refractivity contribution in [1.29, 1.82) is 0 Å². The van der Waals surface area contributed by atoms with Crippen LogP contribution < -0.4 is 4.74 Å². The van der Waals surface area contributed by atoms with Gasteiger partial charge in [-0.05, 0) is 18.6 Å². The number of hydrogen-bond donors (Lipinski definition) is 0. The lowest BCUT2D eigenvalue weighted by Gasteiger charge is -2.15. The summed E-state index contributed by atoms with van der Waals surface area (Å²) >= 11 is 2.89. The Balaban J connectivity index is 2.95. The van der Waals surface area contributed by atoms with Crippen LogP contribution in [0.25, 0.3) is 0 Å². The summed E-state index contributed by atoms with van der Waals surface area (Å²) in [5.74, 6) is -0.115. The zero-order valence-electron chi connectivity index (χ0n) is 8.77. The van der Waals surface area contributed by atoms with Crippen molar-refractivity contribution >= 4 is 15.9 Å². The van der Waals surface area contributed by atoms with E-state index in [0.717, 1.165) is 12.8 Å². The zero-order chi connectivity index (χ0) is 12.2. The molecule has 16 heavy (non-hydrogen) atoms. The molecular weight excluding hydrogens is 285 g/mol. The van der Waals surface area contributed by atoms with Gasteiger partial charge in [-0.2, -0.15) is 13.2 Å². The quantitative estimate of drug-likeness (QED) is 0.735. The molecule has 5 heteroatoms. The second-order valence-electron chi connectivity index (χ2n) is 3.31. The van der Waals surface area contributed by atoms with E-state index in [1.165, 1.54) is 18.2 Å². The van der Waals surface area contributed by atoms with Crippen molar-refractivity contribution in [2.24, 2.45) is 0 Å². The molecular formula is C11H12BrF3O. The van der Waals surface area contributed by atoms with Gasteiger partial charge in [0.2, 0.25) is 0 Å². The van der Waals surface area contributed by atoms with E-state index in [0.29, 0.717) is 6.61 Å². The summed E-state index contributed by atoms with van der Waals surface area (Å²) in [6.07, 6.45) is -2.78. The molecule has 0 bridgehead atoms. The van der Waals surface area contributed by atoms with Gasteiger partial charge in [0.05, 0.1) is 6.61 Å². The van der Waals surface area contributed by atoms with Crippen LogP contribution in [0.5, 0.6) is 5.75 Å². The van der Waals surface area contributed by atoms with Crippen LogP contribution >= 0.6 is 15.9 Å². The topological polar surface area (TPSA) is 9.23 Å². The lowest BCUT2D eigenvalue weighted by Crippen LogP contribution is -2.10. The first-order valence-corrected chi connectivity index (χ1v) is 5.74. The first-order valence-electron chi connectivity index (χ1n) is 4.95. The van der Waals surface area contributed by atoms with Crippen molar-refractivity contribution in [2.45, 2.75) is 25.9 Å². The Kier molecular flexibility index (Phi) is 4.65. The lowest BCUT2D eigenvalue weighted by molar-refractivity contribution is -0.139. The van der Waals surface area contributed by atoms with Crippen molar-refractivity contribution in [1.82, 2.24) is 0 Å². The van der Waals surface area contributed by atoms with Crippen molar-refractivity contribution in [3.63, 3.8) is 0 Å². The number of ether oxygens (including phenoxy) is 1. The third-order valence-electron chi connectivity index (χ3n) is 2.01. The fourth-order valence-electron chi connectivity index (χ4n) is 1.23. The van der Waals surface area contributed by atoms with Gasteiger partial charge in [0.15, 0.2) is 0 Å². The fourth-order valence-corrected chi connectivity index (χ4v) is 1.80. The number of benzene rings is 1. The SMILES string of the molecule is CCCCOc1cccc(Br)c1C(F)(F)F. The summed E-state index contributed by atoms with van der Waals surface area (Å²) in [4.78, 5) is 0. The summed E-state index contributed by atoms with van der Waals surface area (Å²) in [6.45, 7) is 2.25. The highest BCUT2D eigenvalue weighted by Gasteiger charge is 2.36. The summed E-state index contributed by atoms with van der Waals surface area (Å²) in [6, 6.07) is 4.22. The van der Waals surface area contributed by atoms with Crippen molar-refractivity contribution in [3.8, 4) is 5.75 Å².